The molecule has 1 aromatic heterocycles. The first kappa shape index (κ1) is 28.4. The van der Waals surface area contributed by atoms with Gasteiger partial charge in [-0.3, -0.25) is 14.4 Å². The van der Waals surface area contributed by atoms with Gasteiger partial charge in [0.15, 0.2) is 11.4 Å². The molecule has 3 atom stereocenters. The second kappa shape index (κ2) is 9.49. The summed E-state index contributed by atoms with van der Waals surface area (Å²) in [5.41, 5.74) is 3.08. The molecule has 5 rings (SSSR count). The van der Waals surface area contributed by atoms with Crippen molar-refractivity contribution in [3.63, 3.8) is 0 Å². The van der Waals surface area contributed by atoms with Crippen LogP contribution in [0, 0.1) is 11.8 Å². The summed E-state index contributed by atoms with van der Waals surface area (Å²) >= 11 is 0. The summed E-state index contributed by atoms with van der Waals surface area (Å²) in [7, 11) is 3.62. The van der Waals surface area contributed by atoms with E-state index < -0.39 is 52.0 Å². The minimum absolute atomic E-state index is 0.0177. The summed E-state index contributed by atoms with van der Waals surface area (Å²) in [6.45, 7) is 6.53. The number of carbonyl (C=O) groups is 3. The van der Waals surface area contributed by atoms with E-state index in [0.29, 0.717) is 34.9 Å². The summed E-state index contributed by atoms with van der Waals surface area (Å²) in [5.74, 6) is -5.63. The summed E-state index contributed by atoms with van der Waals surface area (Å²) < 4.78 is 6.02. The van der Waals surface area contributed by atoms with Gasteiger partial charge in [0.05, 0.1) is 17.7 Å². The number of carbonyl (C=O) groups excluding carboxylic acids is 3. The molecule has 0 radical (unpaired) electrons. The predicted molar refractivity (Wildman–Crippen MR) is 150 cm³/mol. The highest BCUT2D eigenvalue weighted by molar-refractivity contribution is 6.22. The third-order valence-corrected chi connectivity index (χ3v) is 8.24. The Bertz CT molecular complexity index is 1560. The number of amides is 1. The Morgan fingerprint density at radius 3 is 2.46 bits per heavy atom. The van der Waals surface area contributed by atoms with Gasteiger partial charge in [-0.25, -0.2) is 0 Å². The van der Waals surface area contributed by atoms with Crippen molar-refractivity contribution < 1.29 is 39.2 Å². The third kappa shape index (κ3) is 4.40. The SMILES string of the molecule is CN(C)c1cc(-c2ccc(CNC(C)(C)C)o2)c(O)c2c1C[C@H]1C[C@H]3CC(=O)C(C(N)=O)=C(O)[C@@]3(O)C(=O)C1=C2O. The normalized spacial score (nSPS) is 24.2. The number of primary amides is 1. The second-order valence-electron chi connectivity index (χ2n) is 12.3. The molecule has 0 bridgehead atoms. The van der Waals surface area contributed by atoms with Crippen molar-refractivity contribution in [1.82, 2.24) is 5.32 Å². The molecule has 1 amide bonds. The molecular formula is C30H35N3O8. The number of nitrogens with two attached hydrogens (primary N) is 1. The fourth-order valence-electron chi connectivity index (χ4n) is 6.23. The molecule has 11 heteroatoms. The number of furan rings is 1. The van der Waals surface area contributed by atoms with Crippen molar-refractivity contribution in [1.29, 1.82) is 0 Å². The average Bonchev–Trinajstić information content (AvgIpc) is 3.33. The number of hydrogen-bond acceptors (Lipinski definition) is 10. The number of aliphatic hydroxyl groups is 3. The Hall–Kier alpha value is -4.09. The predicted octanol–water partition coefficient (Wildman–Crippen LogP) is 2.64. The van der Waals surface area contributed by atoms with Gasteiger partial charge in [0.25, 0.3) is 5.91 Å². The standard InChI is InChI=1S/C30H35N3O8/c1-29(2,3)32-12-15-6-7-20(41-15)17-11-18(33(4)5)16-9-13-8-14-10-19(34)23(28(31)39)27(38)30(14,40)26(37)21(13)25(36)22(16)24(17)35/h6-7,11,13-14,32,35-36,38,40H,8-10,12H2,1-5H3,(H2,31,39)/t13-,14+,30+/m1/s1. The second-order valence-corrected chi connectivity index (χ2v) is 12.3. The van der Waals surface area contributed by atoms with E-state index in [0.717, 1.165) is 0 Å². The molecule has 7 N–H and O–H groups in total. The highest BCUT2D eigenvalue weighted by Gasteiger charge is 2.60. The molecular weight excluding hydrogens is 530 g/mol. The Labute approximate surface area is 236 Å². The number of anilines is 1. The molecule has 218 valence electrons. The van der Waals surface area contributed by atoms with Gasteiger partial charge in [-0.1, -0.05) is 0 Å². The zero-order valence-electron chi connectivity index (χ0n) is 23.7. The van der Waals surface area contributed by atoms with Crippen molar-refractivity contribution >= 4 is 28.9 Å². The van der Waals surface area contributed by atoms with Gasteiger partial charge in [-0.2, -0.15) is 0 Å². The lowest BCUT2D eigenvalue weighted by molar-refractivity contribution is -0.147. The largest absolute Gasteiger partial charge is 0.508 e. The molecule has 0 saturated heterocycles. The lowest BCUT2D eigenvalue weighted by Gasteiger charge is -2.46. The van der Waals surface area contributed by atoms with E-state index in [1.807, 2.05) is 39.8 Å². The smallest absolute Gasteiger partial charge is 0.255 e. The van der Waals surface area contributed by atoms with Gasteiger partial charge >= 0.3 is 0 Å². The molecule has 1 heterocycles. The number of fused-ring (bicyclic) bond motifs is 3. The number of ketones is 2. The molecule has 11 nitrogen and oxygen atoms in total. The number of benzene rings is 1. The quantitative estimate of drug-likeness (QED) is 0.294. The highest BCUT2D eigenvalue weighted by Crippen LogP contribution is 2.54. The van der Waals surface area contributed by atoms with Gasteiger partial charge < -0.3 is 40.8 Å². The first-order valence-electron chi connectivity index (χ1n) is 13.4. The number of hydrogen-bond donors (Lipinski definition) is 6. The van der Waals surface area contributed by atoms with E-state index in [-0.39, 0.29) is 41.7 Å². The molecule has 0 aliphatic heterocycles. The zero-order chi connectivity index (χ0) is 30.2. The Morgan fingerprint density at radius 1 is 1.17 bits per heavy atom. The third-order valence-electron chi connectivity index (χ3n) is 8.24. The number of nitrogens with zero attached hydrogens (tertiary/aromatic N) is 1. The van der Waals surface area contributed by atoms with Gasteiger partial charge in [-0.05, 0) is 63.3 Å². The molecule has 3 aliphatic rings. The summed E-state index contributed by atoms with van der Waals surface area (Å²) in [5, 5.41) is 48.6. The van der Waals surface area contributed by atoms with Crippen LogP contribution in [0.2, 0.25) is 0 Å². The van der Waals surface area contributed by atoms with Crippen LogP contribution >= 0.6 is 0 Å². The Kier molecular flexibility index (Phi) is 6.58. The maximum atomic E-state index is 13.8. The minimum Gasteiger partial charge on any atom is -0.508 e. The maximum absolute atomic E-state index is 13.8. The Balaban J connectivity index is 1.66. The topological polar surface area (TPSA) is 187 Å². The molecule has 0 unspecified atom stereocenters. The highest BCUT2D eigenvalue weighted by atomic mass is 16.4. The lowest BCUT2D eigenvalue weighted by atomic mass is 9.59. The van der Waals surface area contributed by atoms with E-state index in [4.69, 9.17) is 10.2 Å². The molecule has 1 aromatic carbocycles. The van der Waals surface area contributed by atoms with E-state index in [1.54, 1.807) is 18.2 Å². The van der Waals surface area contributed by atoms with E-state index in [9.17, 15) is 34.8 Å². The number of Topliss-reactive ketones (excluding diaryl/α,β-unsaturated/α-hetero) is 2. The first-order valence-corrected chi connectivity index (χ1v) is 13.4. The Morgan fingerprint density at radius 2 is 1.85 bits per heavy atom. The van der Waals surface area contributed by atoms with Crippen molar-refractivity contribution in [3.8, 4) is 17.1 Å². The fraction of sp³-hybridized carbons (Fsp3) is 0.433. The maximum Gasteiger partial charge on any atom is 0.255 e. The summed E-state index contributed by atoms with van der Waals surface area (Å²) in [6.07, 6.45) is -0.0765. The monoisotopic (exact) mass is 565 g/mol. The molecule has 1 fully saturated rings. The van der Waals surface area contributed by atoms with E-state index in [2.05, 4.69) is 5.32 Å². The lowest BCUT2D eigenvalue weighted by Crippen LogP contribution is -2.58. The summed E-state index contributed by atoms with van der Waals surface area (Å²) in [4.78, 5) is 40.1. The van der Waals surface area contributed by atoms with Crippen molar-refractivity contribution in [2.75, 3.05) is 19.0 Å². The number of phenols is 1. The first-order chi connectivity index (χ1) is 19.1. The van der Waals surface area contributed by atoms with E-state index in [1.165, 1.54) is 0 Å². The van der Waals surface area contributed by atoms with Crippen LogP contribution in [0.15, 0.2) is 39.5 Å². The number of aliphatic hydroxyl groups excluding tert-OH is 2. The van der Waals surface area contributed by atoms with Crippen molar-refractivity contribution in [2.24, 2.45) is 17.6 Å². The molecule has 1 saturated carbocycles. The number of aromatic hydroxyl groups is 1. The fourth-order valence-corrected chi connectivity index (χ4v) is 6.23. The molecule has 3 aliphatic carbocycles. The van der Waals surface area contributed by atoms with Gasteiger partial charge in [-0.15, -0.1) is 0 Å². The summed E-state index contributed by atoms with van der Waals surface area (Å²) in [6, 6.07) is 5.25. The van der Waals surface area contributed by atoms with Crippen LogP contribution in [0.3, 0.4) is 0 Å². The van der Waals surface area contributed by atoms with Gasteiger partial charge in [0.1, 0.15) is 34.4 Å². The van der Waals surface area contributed by atoms with Crippen LogP contribution in [0.5, 0.6) is 5.75 Å². The van der Waals surface area contributed by atoms with Crippen LogP contribution in [-0.2, 0) is 27.3 Å². The van der Waals surface area contributed by atoms with Crippen LogP contribution in [-0.4, -0.2) is 63.1 Å². The number of nitrogens with one attached hydrogen (secondary N) is 1. The minimum atomic E-state index is -2.61. The number of rotatable bonds is 5. The van der Waals surface area contributed by atoms with Gasteiger partial charge in [0.2, 0.25) is 5.78 Å². The molecule has 0 spiro atoms. The van der Waals surface area contributed by atoms with Crippen LogP contribution in [0.25, 0.3) is 17.1 Å². The van der Waals surface area contributed by atoms with E-state index >= 15 is 0 Å². The molecule has 2 aromatic rings. The van der Waals surface area contributed by atoms with Crippen LogP contribution in [0.4, 0.5) is 5.69 Å². The van der Waals surface area contributed by atoms with Crippen LogP contribution < -0.4 is 16.0 Å². The zero-order valence-corrected chi connectivity index (χ0v) is 23.7. The van der Waals surface area contributed by atoms with Crippen LogP contribution in [0.1, 0.15) is 50.5 Å². The number of phenolic OH excluding ortho intramolecular Hbond substituents is 1. The average molecular weight is 566 g/mol. The van der Waals surface area contributed by atoms with Gasteiger partial charge in [0, 0.05) is 43.2 Å². The van der Waals surface area contributed by atoms with Crippen molar-refractivity contribution in [2.45, 2.75) is 57.7 Å². The van der Waals surface area contributed by atoms with Crippen molar-refractivity contribution in [3.05, 3.63) is 52.0 Å². The molecule has 41 heavy (non-hydrogen) atoms.